The van der Waals surface area contributed by atoms with Gasteiger partial charge in [-0.15, -0.1) is 0 Å². The van der Waals surface area contributed by atoms with Gasteiger partial charge in [-0.25, -0.2) is 0 Å². The van der Waals surface area contributed by atoms with Gasteiger partial charge < -0.3 is 15.8 Å². The predicted octanol–water partition coefficient (Wildman–Crippen LogP) is -0.0119. The molecule has 1 fully saturated rings. The highest BCUT2D eigenvalue weighted by atomic mass is 16.4. The highest BCUT2D eigenvalue weighted by molar-refractivity contribution is 5.81. The number of hydrogen-bond donors (Lipinski definition) is 2. The second kappa shape index (κ2) is 7.06. The Morgan fingerprint density at radius 1 is 1.26 bits per heavy atom. The first kappa shape index (κ1) is 13.8. The standard InChI is InChI=1S/C13H21N5O/c14-13(16-19)11-18-9-7-17(8-10-18)6-4-12-3-1-2-5-15-12/h1-3,5,19H,4,6-11H2,(H2,14,16). The van der Waals surface area contributed by atoms with Crippen LogP contribution in [-0.4, -0.2) is 65.1 Å². The molecular formula is C13H21N5O. The molecule has 1 saturated heterocycles. The molecule has 0 aromatic carbocycles. The third-order valence-corrected chi connectivity index (χ3v) is 3.39. The molecule has 0 spiro atoms. The maximum atomic E-state index is 8.55. The molecule has 2 heterocycles. The molecule has 0 unspecified atom stereocenters. The first-order chi connectivity index (χ1) is 9.28. The number of aromatic nitrogens is 1. The number of amidine groups is 1. The molecule has 0 bridgehead atoms. The molecule has 0 amide bonds. The van der Waals surface area contributed by atoms with E-state index in [9.17, 15) is 0 Å². The van der Waals surface area contributed by atoms with Crippen molar-refractivity contribution in [3.05, 3.63) is 30.1 Å². The summed E-state index contributed by atoms with van der Waals surface area (Å²) in [6.07, 6.45) is 2.82. The molecule has 0 radical (unpaired) electrons. The van der Waals surface area contributed by atoms with Crippen molar-refractivity contribution in [2.45, 2.75) is 6.42 Å². The fourth-order valence-electron chi connectivity index (χ4n) is 2.25. The number of rotatable bonds is 5. The van der Waals surface area contributed by atoms with Crippen LogP contribution in [0.25, 0.3) is 0 Å². The molecule has 1 aliphatic heterocycles. The summed E-state index contributed by atoms with van der Waals surface area (Å²) in [6.45, 7) is 5.53. The van der Waals surface area contributed by atoms with Gasteiger partial charge in [0.25, 0.3) is 0 Å². The number of piperazine rings is 1. The smallest absolute Gasteiger partial charge is 0.153 e. The maximum absolute atomic E-state index is 8.55. The predicted molar refractivity (Wildman–Crippen MR) is 74.2 cm³/mol. The van der Waals surface area contributed by atoms with Gasteiger partial charge >= 0.3 is 0 Å². The molecule has 1 aromatic heterocycles. The Morgan fingerprint density at radius 2 is 2.00 bits per heavy atom. The van der Waals surface area contributed by atoms with E-state index in [2.05, 4.69) is 26.0 Å². The lowest BCUT2D eigenvalue weighted by atomic mass is 10.2. The zero-order chi connectivity index (χ0) is 13.5. The van der Waals surface area contributed by atoms with Gasteiger partial charge in [0.1, 0.15) is 0 Å². The van der Waals surface area contributed by atoms with Crippen molar-refractivity contribution in [1.29, 1.82) is 0 Å². The molecule has 6 heteroatoms. The van der Waals surface area contributed by atoms with Crippen molar-refractivity contribution >= 4 is 5.84 Å². The van der Waals surface area contributed by atoms with Crippen molar-refractivity contribution in [3.8, 4) is 0 Å². The summed E-state index contributed by atoms with van der Waals surface area (Å²) >= 11 is 0. The van der Waals surface area contributed by atoms with Crippen LogP contribution in [0.4, 0.5) is 0 Å². The molecule has 1 aliphatic rings. The summed E-state index contributed by atoms with van der Waals surface area (Å²) in [5, 5.41) is 11.6. The van der Waals surface area contributed by atoms with Gasteiger partial charge in [0.2, 0.25) is 0 Å². The minimum absolute atomic E-state index is 0.280. The van der Waals surface area contributed by atoms with Crippen LogP contribution in [0.15, 0.2) is 29.6 Å². The summed E-state index contributed by atoms with van der Waals surface area (Å²) in [6, 6.07) is 6.03. The Bertz CT molecular complexity index is 401. The van der Waals surface area contributed by atoms with Crippen molar-refractivity contribution in [2.24, 2.45) is 10.9 Å². The van der Waals surface area contributed by atoms with Crippen molar-refractivity contribution < 1.29 is 5.21 Å². The van der Waals surface area contributed by atoms with E-state index in [0.29, 0.717) is 6.54 Å². The quantitative estimate of drug-likeness (QED) is 0.338. The van der Waals surface area contributed by atoms with Gasteiger partial charge in [0, 0.05) is 51.0 Å². The Balaban J connectivity index is 1.69. The van der Waals surface area contributed by atoms with E-state index in [-0.39, 0.29) is 5.84 Å². The molecule has 0 atom stereocenters. The second-order valence-electron chi connectivity index (χ2n) is 4.78. The fourth-order valence-corrected chi connectivity index (χ4v) is 2.25. The van der Waals surface area contributed by atoms with Crippen LogP contribution < -0.4 is 5.73 Å². The van der Waals surface area contributed by atoms with E-state index >= 15 is 0 Å². The van der Waals surface area contributed by atoms with Crippen LogP contribution in [0.1, 0.15) is 5.69 Å². The first-order valence-electron chi connectivity index (χ1n) is 6.59. The highest BCUT2D eigenvalue weighted by Gasteiger charge is 2.17. The lowest BCUT2D eigenvalue weighted by Gasteiger charge is -2.34. The minimum atomic E-state index is 0.280. The van der Waals surface area contributed by atoms with Gasteiger partial charge in [0.15, 0.2) is 5.84 Å². The van der Waals surface area contributed by atoms with E-state index in [1.54, 1.807) is 0 Å². The molecule has 6 nitrogen and oxygen atoms in total. The molecule has 104 valence electrons. The zero-order valence-electron chi connectivity index (χ0n) is 11.1. The summed E-state index contributed by atoms with van der Waals surface area (Å²) in [4.78, 5) is 8.96. The topological polar surface area (TPSA) is 78.0 Å². The molecule has 19 heavy (non-hydrogen) atoms. The normalized spacial score (nSPS) is 18.6. The van der Waals surface area contributed by atoms with Crippen LogP contribution >= 0.6 is 0 Å². The van der Waals surface area contributed by atoms with Gasteiger partial charge in [-0.2, -0.15) is 0 Å². The summed E-state index contributed by atoms with van der Waals surface area (Å²) < 4.78 is 0. The summed E-state index contributed by atoms with van der Waals surface area (Å²) in [7, 11) is 0. The zero-order valence-corrected chi connectivity index (χ0v) is 11.1. The van der Waals surface area contributed by atoms with E-state index < -0.39 is 0 Å². The first-order valence-corrected chi connectivity index (χ1v) is 6.59. The Hall–Kier alpha value is -1.66. The Kier molecular flexibility index (Phi) is 5.11. The number of oxime groups is 1. The highest BCUT2D eigenvalue weighted by Crippen LogP contribution is 2.03. The lowest BCUT2D eigenvalue weighted by molar-refractivity contribution is 0.145. The number of nitrogens with zero attached hydrogens (tertiary/aromatic N) is 4. The van der Waals surface area contributed by atoms with E-state index in [0.717, 1.165) is 44.8 Å². The lowest BCUT2D eigenvalue weighted by Crippen LogP contribution is -2.49. The van der Waals surface area contributed by atoms with E-state index in [4.69, 9.17) is 10.9 Å². The van der Waals surface area contributed by atoms with Gasteiger partial charge in [-0.3, -0.25) is 9.88 Å². The SMILES string of the molecule is NC(CN1CCN(CCc2ccccn2)CC1)=NO. The van der Waals surface area contributed by atoms with Gasteiger partial charge in [-0.1, -0.05) is 11.2 Å². The fraction of sp³-hybridized carbons (Fsp3) is 0.538. The molecule has 2 rings (SSSR count). The summed E-state index contributed by atoms with van der Waals surface area (Å²) in [5.74, 6) is 0.280. The van der Waals surface area contributed by atoms with Crippen molar-refractivity contribution in [2.75, 3.05) is 39.3 Å². The van der Waals surface area contributed by atoms with Crippen LogP contribution in [0.5, 0.6) is 0 Å². The monoisotopic (exact) mass is 263 g/mol. The average molecular weight is 263 g/mol. The van der Waals surface area contributed by atoms with Crippen molar-refractivity contribution in [3.63, 3.8) is 0 Å². The Morgan fingerprint density at radius 3 is 2.63 bits per heavy atom. The molecule has 0 aliphatic carbocycles. The molecular weight excluding hydrogens is 242 g/mol. The largest absolute Gasteiger partial charge is 0.409 e. The minimum Gasteiger partial charge on any atom is -0.409 e. The van der Waals surface area contributed by atoms with E-state index in [1.165, 1.54) is 0 Å². The van der Waals surface area contributed by atoms with Gasteiger partial charge in [-0.05, 0) is 12.1 Å². The van der Waals surface area contributed by atoms with Crippen LogP contribution in [0.2, 0.25) is 0 Å². The Labute approximate surface area is 113 Å². The summed E-state index contributed by atoms with van der Waals surface area (Å²) in [5.41, 5.74) is 6.65. The van der Waals surface area contributed by atoms with Crippen LogP contribution in [-0.2, 0) is 6.42 Å². The van der Waals surface area contributed by atoms with E-state index in [1.807, 2.05) is 18.3 Å². The van der Waals surface area contributed by atoms with Crippen LogP contribution in [0, 0.1) is 0 Å². The number of nitrogens with two attached hydrogens (primary N) is 1. The van der Waals surface area contributed by atoms with Crippen LogP contribution in [0.3, 0.4) is 0 Å². The molecule has 0 saturated carbocycles. The maximum Gasteiger partial charge on any atom is 0.153 e. The average Bonchev–Trinajstić information content (AvgIpc) is 2.47. The second-order valence-corrected chi connectivity index (χ2v) is 4.78. The van der Waals surface area contributed by atoms with Crippen molar-refractivity contribution in [1.82, 2.24) is 14.8 Å². The number of hydrogen-bond acceptors (Lipinski definition) is 5. The number of pyridine rings is 1. The van der Waals surface area contributed by atoms with Gasteiger partial charge in [0.05, 0.1) is 6.54 Å². The third-order valence-electron chi connectivity index (χ3n) is 3.39. The molecule has 3 N–H and O–H groups in total. The third kappa shape index (κ3) is 4.50. The molecule has 1 aromatic rings.